The van der Waals surface area contributed by atoms with E-state index in [4.69, 9.17) is 9.47 Å². The summed E-state index contributed by atoms with van der Waals surface area (Å²) in [6.07, 6.45) is 1.11. The summed E-state index contributed by atoms with van der Waals surface area (Å²) in [6, 6.07) is 22.9. The number of imide groups is 1. The van der Waals surface area contributed by atoms with Crippen molar-refractivity contribution >= 4 is 29.3 Å². The molecular weight excluding hydrogens is 482 g/mol. The standard InChI is InChI=1S/C31H29NO6/c1-19(28(33)21-11-14-25(37-2)15-12-21)38-31(36)23-9-6-10-24(17-23)32-29(34)26-16-13-22(18-27(26)30(32)35)20-7-4-3-5-8-20/h3-12,14-15,17,19,22,26-27H,13,16,18H2,1-2H3/t19-,22-,26+,27-/m0/s1. The van der Waals surface area contributed by atoms with E-state index in [1.165, 1.54) is 30.6 Å². The molecule has 5 rings (SSSR count). The quantitative estimate of drug-likeness (QED) is 0.246. The molecule has 2 fully saturated rings. The van der Waals surface area contributed by atoms with Crippen LogP contribution in [0, 0.1) is 11.8 Å². The second kappa shape index (κ2) is 10.6. The maximum Gasteiger partial charge on any atom is 0.338 e. The van der Waals surface area contributed by atoms with Crippen molar-refractivity contribution in [3.05, 3.63) is 95.6 Å². The summed E-state index contributed by atoms with van der Waals surface area (Å²) in [5.41, 5.74) is 2.08. The average Bonchev–Trinajstić information content (AvgIpc) is 3.21. The predicted octanol–water partition coefficient (Wildman–Crippen LogP) is 5.20. The Morgan fingerprint density at radius 2 is 1.55 bits per heavy atom. The van der Waals surface area contributed by atoms with E-state index >= 15 is 0 Å². The van der Waals surface area contributed by atoms with Gasteiger partial charge in [-0.05, 0) is 80.1 Å². The number of rotatable bonds is 7. The van der Waals surface area contributed by atoms with Gasteiger partial charge in [0.15, 0.2) is 6.10 Å². The number of benzene rings is 3. The Morgan fingerprint density at radius 1 is 0.842 bits per heavy atom. The number of ether oxygens (including phenoxy) is 2. The molecule has 2 amide bonds. The van der Waals surface area contributed by atoms with Crippen molar-refractivity contribution in [3.63, 3.8) is 0 Å². The molecule has 4 atom stereocenters. The molecule has 0 bridgehead atoms. The molecule has 0 unspecified atom stereocenters. The summed E-state index contributed by atoms with van der Waals surface area (Å²) >= 11 is 0. The lowest BCUT2D eigenvalue weighted by molar-refractivity contribution is -0.122. The largest absolute Gasteiger partial charge is 0.497 e. The van der Waals surface area contributed by atoms with Gasteiger partial charge in [-0.15, -0.1) is 0 Å². The maximum absolute atomic E-state index is 13.4. The number of amides is 2. The summed E-state index contributed by atoms with van der Waals surface area (Å²) in [5, 5.41) is 0. The molecule has 1 saturated carbocycles. The van der Waals surface area contributed by atoms with Crippen LogP contribution < -0.4 is 9.64 Å². The van der Waals surface area contributed by atoms with Crippen LogP contribution in [0.5, 0.6) is 5.75 Å². The van der Waals surface area contributed by atoms with Gasteiger partial charge in [0.05, 0.1) is 30.2 Å². The normalized spacial score (nSPS) is 21.5. The minimum atomic E-state index is -1.02. The average molecular weight is 512 g/mol. The van der Waals surface area contributed by atoms with E-state index in [0.29, 0.717) is 29.8 Å². The lowest BCUT2D eigenvalue weighted by Crippen LogP contribution is -2.31. The molecule has 1 heterocycles. The Morgan fingerprint density at radius 3 is 2.26 bits per heavy atom. The van der Waals surface area contributed by atoms with E-state index in [-0.39, 0.29) is 40.9 Å². The van der Waals surface area contributed by atoms with Crippen LogP contribution in [0.3, 0.4) is 0 Å². The molecule has 0 radical (unpaired) electrons. The number of hydrogen-bond acceptors (Lipinski definition) is 6. The number of methoxy groups -OCH3 is 1. The van der Waals surface area contributed by atoms with Gasteiger partial charge in [0, 0.05) is 5.56 Å². The second-order valence-corrected chi connectivity index (χ2v) is 9.84. The lowest BCUT2D eigenvalue weighted by Gasteiger charge is -2.28. The van der Waals surface area contributed by atoms with E-state index in [0.717, 1.165) is 6.42 Å². The lowest BCUT2D eigenvalue weighted by atomic mass is 9.73. The first-order valence-electron chi connectivity index (χ1n) is 12.8. The highest BCUT2D eigenvalue weighted by molar-refractivity contribution is 6.22. The van der Waals surface area contributed by atoms with Crippen LogP contribution in [0.25, 0.3) is 0 Å². The van der Waals surface area contributed by atoms with Crippen LogP contribution in [-0.2, 0) is 14.3 Å². The van der Waals surface area contributed by atoms with Gasteiger partial charge in [-0.25, -0.2) is 4.79 Å². The van der Waals surface area contributed by atoms with Crippen molar-refractivity contribution in [1.29, 1.82) is 0 Å². The zero-order chi connectivity index (χ0) is 26.8. The fourth-order valence-electron chi connectivity index (χ4n) is 5.51. The minimum absolute atomic E-state index is 0.162. The topological polar surface area (TPSA) is 90.0 Å². The molecule has 7 heteroatoms. The van der Waals surface area contributed by atoms with Crippen LogP contribution >= 0.6 is 0 Å². The van der Waals surface area contributed by atoms with E-state index in [2.05, 4.69) is 12.1 Å². The molecule has 0 aromatic heterocycles. The molecule has 7 nitrogen and oxygen atoms in total. The van der Waals surface area contributed by atoms with Crippen molar-refractivity contribution in [1.82, 2.24) is 0 Å². The molecule has 3 aromatic rings. The van der Waals surface area contributed by atoms with E-state index < -0.39 is 12.1 Å². The molecule has 0 spiro atoms. The van der Waals surface area contributed by atoms with Gasteiger partial charge < -0.3 is 9.47 Å². The number of ketones is 1. The highest BCUT2D eigenvalue weighted by Gasteiger charge is 2.50. The third-order valence-electron chi connectivity index (χ3n) is 7.56. The van der Waals surface area contributed by atoms with Gasteiger partial charge in [0.25, 0.3) is 0 Å². The third kappa shape index (κ3) is 4.84. The molecule has 2 aliphatic rings. The molecule has 1 aliphatic carbocycles. The Bertz CT molecular complexity index is 1370. The molecule has 3 aromatic carbocycles. The Labute approximate surface area is 221 Å². The van der Waals surface area contributed by atoms with E-state index in [1.807, 2.05) is 18.2 Å². The van der Waals surface area contributed by atoms with Crippen LogP contribution in [0.1, 0.15) is 58.4 Å². The number of fused-ring (bicyclic) bond motifs is 1. The van der Waals surface area contributed by atoms with Crippen LogP contribution in [0.4, 0.5) is 5.69 Å². The van der Waals surface area contributed by atoms with Gasteiger partial charge in [0.1, 0.15) is 5.75 Å². The Balaban J connectivity index is 1.29. The molecule has 194 valence electrons. The zero-order valence-electron chi connectivity index (χ0n) is 21.3. The van der Waals surface area contributed by atoms with Crippen molar-refractivity contribution in [2.45, 2.75) is 38.2 Å². The monoisotopic (exact) mass is 511 g/mol. The SMILES string of the molecule is COc1ccc(C(=O)[C@H](C)OC(=O)c2cccc(N3C(=O)[C@H]4C[C@@H](c5ccccc5)CC[C@H]4C3=O)c2)cc1. The Hall–Kier alpha value is -4.26. The summed E-state index contributed by atoms with van der Waals surface area (Å²) in [5.74, 6) is -1.38. The number of carbonyl (C=O) groups is 4. The smallest absolute Gasteiger partial charge is 0.338 e. The molecule has 0 N–H and O–H groups in total. The highest BCUT2D eigenvalue weighted by Crippen LogP contribution is 2.45. The first-order valence-corrected chi connectivity index (χ1v) is 12.8. The first-order chi connectivity index (χ1) is 18.4. The second-order valence-electron chi connectivity index (χ2n) is 9.84. The van der Waals surface area contributed by atoms with Gasteiger partial charge in [-0.2, -0.15) is 0 Å². The van der Waals surface area contributed by atoms with Crippen molar-refractivity contribution in [2.75, 3.05) is 12.0 Å². The number of nitrogens with zero attached hydrogens (tertiary/aromatic N) is 1. The summed E-state index contributed by atoms with van der Waals surface area (Å²) in [6.45, 7) is 1.51. The molecule has 1 saturated heterocycles. The number of Topliss-reactive ketones (excluding diaryl/α,β-unsaturated/α-hetero) is 1. The van der Waals surface area contributed by atoms with Crippen molar-refractivity contribution in [2.24, 2.45) is 11.8 Å². The van der Waals surface area contributed by atoms with E-state index in [1.54, 1.807) is 42.5 Å². The number of anilines is 1. The number of carbonyl (C=O) groups excluding carboxylic acids is 4. The minimum Gasteiger partial charge on any atom is -0.497 e. The fourth-order valence-corrected chi connectivity index (χ4v) is 5.51. The zero-order valence-corrected chi connectivity index (χ0v) is 21.3. The number of hydrogen-bond donors (Lipinski definition) is 0. The van der Waals surface area contributed by atoms with Gasteiger partial charge in [-0.1, -0.05) is 36.4 Å². The highest BCUT2D eigenvalue weighted by atomic mass is 16.5. The molecular formula is C31H29NO6. The molecule has 38 heavy (non-hydrogen) atoms. The maximum atomic E-state index is 13.4. The van der Waals surface area contributed by atoms with Gasteiger partial charge >= 0.3 is 5.97 Å². The molecule has 1 aliphatic heterocycles. The summed E-state index contributed by atoms with van der Waals surface area (Å²) < 4.78 is 10.5. The van der Waals surface area contributed by atoms with Crippen LogP contribution in [-0.4, -0.2) is 36.8 Å². The third-order valence-corrected chi connectivity index (χ3v) is 7.56. The van der Waals surface area contributed by atoms with Gasteiger partial charge in [0.2, 0.25) is 17.6 Å². The predicted molar refractivity (Wildman–Crippen MR) is 141 cm³/mol. The van der Waals surface area contributed by atoms with Crippen molar-refractivity contribution in [3.8, 4) is 5.75 Å². The van der Waals surface area contributed by atoms with Gasteiger partial charge in [-0.3, -0.25) is 19.3 Å². The first kappa shape index (κ1) is 25.4. The summed E-state index contributed by atoms with van der Waals surface area (Å²) in [7, 11) is 1.54. The van der Waals surface area contributed by atoms with Crippen LogP contribution in [0.15, 0.2) is 78.9 Å². The summed E-state index contributed by atoms with van der Waals surface area (Å²) in [4.78, 5) is 53.5. The fraction of sp³-hybridized carbons (Fsp3) is 0.290. The van der Waals surface area contributed by atoms with Crippen LogP contribution in [0.2, 0.25) is 0 Å². The van der Waals surface area contributed by atoms with Crippen molar-refractivity contribution < 1.29 is 28.7 Å². The Kier molecular flexibility index (Phi) is 7.09. The number of esters is 1. The van der Waals surface area contributed by atoms with E-state index in [9.17, 15) is 19.2 Å².